The van der Waals surface area contributed by atoms with E-state index in [1.807, 2.05) is 30.3 Å². The van der Waals surface area contributed by atoms with Crippen molar-refractivity contribution < 1.29 is 9.47 Å². The molecule has 0 aliphatic carbocycles. The molecular weight excluding hydrogens is 282 g/mol. The van der Waals surface area contributed by atoms with E-state index in [1.54, 1.807) is 12.1 Å². The van der Waals surface area contributed by atoms with Crippen LogP contribution in [0.5, 0.6) is 11.5 Å². The number of anilines is 1. The third-order valence-corrected chi connectivity index (χ3v) is 3.25. The van der Waals surface area contributed by atoms with Crippen molar-refractivity contribution in [3.63, 3.8) is 0 Å². The van der Waals surface area contributed by atoms with E-state index < -0.39 is 0 Å². The molecule has 3 aromatic rings. The number of nitrogens with one attached hydrogen (secondary N) is 1. The molecule has 0 spiro atoms. The maximum Gasteiger partial charge on any atom is 0.260 e. The average molecular weight is 297 g/mol. The van der Waals surface area contributed by atoms with Gasteiger partial charge in [0, 0.05) is 6.07 Å². The molecule has 3 N–H and O–H groups in total. The number of rotatable bonds is 4. The molecular formula is C16H15N3O3. The van der Waals surface area contributed by atoms with Crippen LogP contribution in [0.4, 0.5) is 5.95 Å². The maximum absolute atomic E-state index is 12.0. The molecule has 6 nitrogen and oxygen atoms in total. The number of ether oxygens (including phenoxy) is 2. The second kappa shape index (κ2) is 5.77. The van der Waals surface area contributed by atoms with Gasteiger partial charge in [0.1, 0.15) is 6.61 Å². The van der Waals surface area contributed by atoms with E-state index in [2.05, 4.69) is 9.97 Å². The van der Waals surface area contributed by atoms with Crippen LogP contribution >= 0.6 is 0 Å². The Morgan fingerprint density at radius 2 is 1.95 bits per heavy atom. The molecule has 0 fully saturated rings. The molecule has 0 saturated heterocycles. The van der Waals surface area contributed by atoms with Gasteiger partial charge in [-0.2, -0.15) is 0 Å². The predicted octanol–water partition coefficient (Wildman–Crippen LogP) is 2.09. The number of aromatic amines is 1. The molecule has 2 aromatic carbocycles. The first kappa shape index (κ1) is 13.9. The van der Waals surface area contributed by atoms with Crippen molar-refractivity contribution in [2.24, 2.45) is 0 Å². The van der Waals surface area contributed by atoms with Gasteiger partial charge in [-0.15, -0.1) is 0 Å². The molecule has 0 bridgehead atoms. The number of hydrogen-bond acceptors (Lipinski definition) is 5. The van der Waals surface area contributed by atoms with Crippen LogP contribution < -0.4 is 20.8 Å². The molecule has 0 radical (unpaired) electrons. The predicted molar refractivity (Wildman–Crippen MR) is 84.1 cm³/mol. The van der Waals surface area contributed by atoms with Crippen LogP contribution in [0.2, 0.25) is 0 Å². The third kappa shape index (κ3) is 2.71. The average Bonchev–Trinajstić information content (AvgIpc) is 2.53. The zero-order valence-corrected chi connectivity index (χ0v) is 12.0. The zero-order valence-electron chi connectivity index (χ0n) is 12.0. The first-order chi connectivity index (χ1) is 10.7. The molecule has 0 saturated carbocycles. The Morgan fingerprint density at radius 3 is 2.68 bits per heavy atom. The summed E-state index contributed by atoms with van der Waals surface area (Å²) in [5, 5.41) is 0.401. The number of nitrogens with zero attached hydrogens (tertiary/aromatic N) is 1. The van der Waals surface area contributed by atoms with Crippen molar-refractivity contribution >= 4 is 16.9 Å². The van der Waals surface area contributed by atoms with E-state index in [0.29, 0.717) is 29.0 Å². The zero-order chi connectivity index (χ0) is 15.5. The van der Waals surface area contributed by atoms with Gasteiger partial charge in [-0.25, -0.2) is 4.98 Å². The number of methoxy groups -OCH3 is 1. The highest BCUT2D eigenvalue weighted by atomic mass is 16.5. The summed E-state index contributed by atoms with van der Waals surface area (Å²) in [7, 11) is 1.53. The van der Waals surface area contributed by atoms with Crippen molar-refractivity contribution in [3.8, 4) is 11.5 Å². The fourth-order valence-corrected chi connectivity index (χ4v) is 2.17. The normalized spacial score (nSPS) is 10.6. The molecule has 0 unspecified atom stereocenters. The lowest BCUT2D eigenvalue weighted by atomic mass is 10.2. The van der Waals surface area contributed by atoms with E-state index in [1.165, 1.54) is 7.11 Å². The minimum Gasteiger partial charge on any atom is -0.493 e. The Kier molecular flexibility index (Phi) is 3.65. The number of nitrogens with two attached hydrogens (primary N) is 1. The molecule has 112 valence electrons. The van der Waals surface area contributed by atoms with E-state index >= 15 is 0 Å². The van der Waals surface area contributed by atoms with Crippen LogP contribution in [0.1, 0.15) is 5.56 Å². The lowest BCUT2D eigenvalue weighted by Crippen LogP contribution is -2.11. The van der Waals surface area contributed by atoms with Gasteiger partial charge in [0.25, 0.3) is 5.56 Å². The summed E-state index contributed by atoms with van der Waals surface area (Å²) in [6.45, 7) is 0.378. The van der Waals surface area contributed by atoms with Gasteiger partial charge in [-0.3, -0.25) is 9.78 Å². The van der Waals surface area contributed by atoms with Crippen molar-refractivity contribution in [2.75, 3.05) is 12.8 Å². The summed E-state index contributed by atoms with van der Waals surface area (Å²) in [4.78, 5) is 18.5. The highest BCUT2D eigenvalue weighted by Crippen LogP contribution is 2.31. The van der Waals surface area contributed by atoms with Crippen molar-refractivity contribution in [3.05, 3.63) is 58.4 Å². The Bertz CT molecular complexity index is 860. The topological polar surface area (TPSA) is 90.2 Å². The highest BCUT2D eigenvalue weighted by molar-refractivity contribution is 5.82. The number of H-pyrrole nitrogens is 1. The van der Waals surface area contributed by atoms with Crippen LogP contribution in [0.15, 0.2) is 47.3 Å². The van der Waals surface area contributed by atoms with Crippen molar-refractivity contribution in [1.29, 1.82) is 0 Å². The summed E-state index contributed by atoms with van der Waals surface area (Å²) in [5.74, 6) is 1.05. The fourth-order valence-electron chi connectivity index (χ4n) is 2.17. The summed E-state index contributed by atoms with van der Waals surface area (Å²) in [6.07, 6.45) is 0. The quantitative estimate of drug-likeness (QED) is 0.769. The van der Waals surface area contributed by atoms with Gasteiger partial charge in [-0.05, 0) is 11.6 Å². The van der Waals surface area contributed by atoms with Gasteiger partial charge in [0.15, 0.2) is 11.5 Å². The second-order valence-corrected chi connectivity index (χ2v) is 4.75. The monoisotopic (exact) mass is 297 g/mol. The molecule has 1 heterocycles. The van der Waals surface area contributed by atoms with Gasteiger partial charge in [-0.1, -0.05) is 30.3 Å². The first-order valence-electron chi connectivity index (χ1n) is 6.71. The standard InChI is InChI=1S/C16H15N3O3/c1-21-13-8-12-11(15(20)19-16(17)18-12)7-14(13)22-9-10-5-3-2-4-6-10/h2-8H,9H2,1H3,(H3,17,18,19,20). The smallest absolute Gasteiger partial charge is 0.260 e. The maximum atomic E-state index is 12.0. The summed E-state index contributed by atoms with van der Waals surface area (Å²) >= 11 is 0. The summed E-state index contributed by atoms with van der Waals surface area (Å²) in [5.41, 5.74) is 6.73. The summed E-state index contributed by atoms with van der Waals surface area (Å²) < 4.78 is 11.1. The molecule has 3 rings (SSSR count). The van der Waals surface area contributed by atoms with Crippen LogP contribution in [0.25, 0.3) is 10.9 Å². The number of benzene rings is 2. The van der Waals surface area contributed by atoms with Crippen LogP contribution in [-0.2, 0) is 6.61 Å². The Hall–Kier alpha value is -3.02. The van der Waals surface area contributed by atoms with E-state index in [9.17, 15) is 4.79 Å². The Labute approximate surface area is 126 Å². The fraction of sp³-hybridized carbons (Fsp3) is 0.125. The third-order valence-electron chi connectivity index (χ3n) is 3.25. The van der Waals surface area contributed by atoms with Crippen LogP contribution in [0, 0.1) is 0 Å². The van der Waals surface area contributed by atoms with E-state index in [0.717, 1.165) is 5.56 Å². The number of aromatic nitrogens is 2. The largest absolute Gasteiger partial charge is 0.493 e. The minimum atomic E-state index is -0.310. The van der Waals surface area contributed by atoms with E-state index in [4.69, 9.17) is 15.2 Å². The van der Waals surface area contributed by atoms with Crippen molar-refractivity contribution in [1.82, 2.24) is 9.97 Å². The molecule has 1 aromatic heterocycles. The SMILES string of the molecule is COc1cc2nc(N)[nH]c(=O)c2cc1OCc1ccccc1. The van der Waals surface area contributed by atoms with Gasteiger partial charge >= 0.3 is 0 Å². The lowest BCUT2D eigenvalue weighted by Gasteiger charge is -2.11. The lowest BCUT2D eigenvalue weighted by molar-refractivity contribution is 0.285. The first-order valence-corrected chi connectivity index (χ1v) is 6.71. The van der Waals surface area contributed by atoms with Gasteiger partial charge in [0.05, 0.1) is 18.0 Å². The molecule has 22 heavy (non-hydrogen) atoms. The Balaban J connectivity index is 1.99. The highest BCUT2D eigenvalue weighted by Gasteiger charge is 2.11. The minimum absolute atomic E-state index is 0.0671. The van der Waals surface area contributed by atoms with Crippen LogP contribution in [0.3, 0.4) is 0 Å². The summed E-state index contributed by atoms with van der Waals surface area (Å²) in [6, 6.07) is 13.0. The number of hydrogen-bond donors (Lipinski definition) is 2. The number of nitrogen functional groups attached to an aromatic ring is 1. The number of fused-ring (bicyclic) bond motifs is 1. The molecule has 6 heteroatoms. The second-order valence-electron chi connectivity index (χ2n) is 4.75. The van der Waals surface area contributed by atoms with Crippen molar-refractivity contribution in [2.45, 2.75) is 6.61 Å². The van der Waals surface area contributed by atoms with Gasteiger partial charge in [0.2, 0.25) is 5.95 Å². The molecule has 0 atom stereocenters. The molecule has 0 aliphatic rings. The molecule has 0 amide bonds. The van der Waals surface area contributed by atoms with Gasteiger partial charge < -0.3 is 15.2 Å². The Morgan fingerprint density at radius 1 is 1.18 bits per heavy atom. The van der Waals surface area contributed by atoms with Crippen LogP contribution in [-0.4, -0.2) is 17.1 Å². The molecule has 0 aliphatic heterocycles. The van der Waals surface area contributed by atoms with E-state index in [-0.39, 0.29) is 11.5 Å².